The molecule has 2 aliphatic heterocycles. The summed E-state index contributed by atoms with van der Waals surface area (Å²) in [7, 11) is 0. The van der Waals surface area contributed by atoms with E-state index in [1.54, 1.807) is 0 Å². The van der Waals surface area contributed by atoms with Gasteiger partial charge in [0.15, 0.2) is 5.78 Å². The van der Waals surface area contributed by atoms with Crippen LogP contribution < -0.4 is 0 Å². The molecule has 0 aromatic rings. The molecule has 6 rings (SSSR count). The quantitative estimate of drug-likeness (QED) is 0.493. The molecule has 0 aromatic carbocycles. The van der Waals surface area contributed by atoms with E-state index in [4.69, 9.17) is 9.47 Å². The van der Waals surface area contributed by atoms with Gasteiger partial charge in [-0.1, -0.05) is 26.0 Å². The summed E-state index contributed by atoms with van der Waals surface area (Å²) in [6.07, 6.45) is 12.6. The Morgan fingerprint density at radius 1 is 1.12 bits per heavy atom. The largest absolute Gasteiger partial charge is 0.458 e. The standard InChI is InChI=1S/C22H26O4/c1-19-8-5-14(23)11-13(19)3-4-16-15-6-9-21(10-7-18(24)26-21)20(15,2)12-17-22(16,19)25-17/h3-4,11,15-17H,5-10,12H2,1-2H3/t15-,16-,17+,19-,20-,21+,22-/m0/s1. The number of allylic oxidation sites excluding steroid dienone is 2. The van der Waals surface area contributed by atoms with E-state index in [-0.39, 0.29) is 39.9 Å². The Hall–Kier alpha value is -1.42. The minimum Gasteiger partial charge on any atom is -0.458 e. The fourth-order valence-corrected chi connectivity index (χ4v) is 7.73. The van der Waals surface area contributed by atoms with E-state index in [0.717, 1.165) is 37.7 Å². The van der Waals surface area contributed by atoms with Crippen LogP contribution >= 0.6 is 0 Å². The SMILES string of the molecule is C[C@]12CCC(=O)C=C1C=C[C@H]1[C@@H]3CC[C@@]4(CCC(=O)O4)[C@@]3(C)C[C@H]3O[C@]312. The van der Waals surface area contributed by atoms with Crippen molar-refractivity contribution in [2.45, 2.75) is 76.1 Å². The van der Waals surface area contributed by atoms with Crippen molar-refractivity contribution in [3.8, 4) is 0 Å². The summed E-state index contributed by atoms with van der Waals surface area (Å²) in [4.78, 5) is 23.9. The summed E-state index contributed by atoms with van der Waals surface area (Å²) in [5.41, 5.74) is 0.679. The van der Waals surface area contributed by atoms with Gasteiger partial charge in [-0.15, -0.1) is 0 Å². The predicted octanol–water partition coefficient (Wildman–Crippen LogP) is 3.50. The molecule has 2 spiro atoms. The zero-order valence-electron chi connectivity index (χ0n) is 15.5. The summed E-state index contributed by atoms with van der Waals surface area (Å²) in [5, 5.41) is 0. The third kappa shape index (κ3) is 1.47. The molecular weight excluding hydrogens is 328 g/mol. The maximum absolute atomic E-state index is 12.0. The molecule has 0 unspecified atom stereocenters. The highest BCUT2D eigenvalue weighted by Crippen LogP contribution is 2.76. The van der Waals surface area contributed by atoms with Crippen LogP contribution in [0, 0.1) is 22.7 Å². The van der Waals surface area contributed by atoms with Crippen LogP contribution in [-0.2, 0) is 19.1 Å². The molecule has 2 saturated heterocycles. The number of hydrogen-bond donors (Lipinski definition) is 0. The number of fused-ring (bicyclic) bond motifs is 4. The van der Waals surface area contributed by atoms with E-state index in [9.17, 15) is 9.59 Å². The summed E-state index contributed by atoms with van der Waals surface area (Å²) in [6, 6.07) is 0. The maximum Gasteiger partial charge on any atom is 0.306 e. The Kier molecular flexibility index (Phi) is 2.61. The lowest BCUT2D eigenvalue weighted by molar-refractivity contribution is -0.162. The number of hydrogen-bond acceptors (Lipinski definition) is 4. The zero-order valence-corrected chi connectivity index (χ0v) is 15.5. The molecule has 138 valence electrons. The van der Waals surface area contributed by atoms with Gasteiger partial charge < -0.3 is 9.47 Å². The van der Waals surface area contributed by atoms with Crippen LogP contribution in [0.3, 0.4) is 0 Å². The minimum absolute atomic E-state index is 0.000890. The van der Waals surface area contributed by atoms with Crippen LogP contribution in [0.1, 0.15) is 58.8 Å². The smallest absolute Gasteiger partial charge is 0.306 e. The lowest BCUT2D eigenvalue weighted by Gasteiger charge is -2.54. The van der Waals surface area contributed by atoms with Crippen molar-refractivity contribution in [3.05, 3.63) is 23.8 Å². The molecule has 4 nitrogen and oxygen atoms in total. The maximum atomic E-state index is 12.0. The summed E-state index contributed by atoms with van der Waals surface area (Å²) < 4.78 is 12.6. The molecule has 2 heterocycles. The average Bonchev–Trinajstić information content (AvgIpc) is 3.08. The molecule has 0 radical (unpaired) electrons. The van der Waals surface area contributed by atoms with Crippen LogP contribution in [0.4, 0.5) is 0 Å². The molecule has 0 amide bonds. The molecule has 0 N–H and O–H groups in total. The van der Waals surface area contributed by atoms with Crippen molar-refractivity contribution in [2.24, 2.45) is 22.7 Å². The Labute approximate surface area is 154 Å². The van der Waals surface area contributed by atoms with E-state index < -0.39 is 0 Å². The van der Waals surface area contributed by atoms with Crippen LogP contribution in [-0.4, -0.2) is 29.1 Å². The molecule has 7 atom stereocenters. The highest BCUT2D eigenvalue weighted by molar-refractivity contribution is 5.92. The lowest BCUT2D eigenvalue weighted by atomic mass is 9.47. The van der Waals surface area contributed by atoms with Gasteiger partial charge >= 0.3 is 5.97 Å². The molecule has 2 saturated carbocycles. The minimum atomic E-state index is -0.278. The Bertz CT molecular complexity index is 811. The first-order valence-electron chi connectivity index (χ1n) is 10.2. The monoisotopic (exact) mass is 354 g/mol. The van der Waals surface area contributed by atoms with Crippen molar-refractivity contribution in [1.29, 1.82) is 0 Å². The van der Waals surface area contributed by atoms with Gasteiger partial charge in [-0.3, -0.25) is 9.59 Å². The Morgan fingerprint density at radius 2 is 1.96 bits per heavy atom. The highest BCUT2D eigenvalue weighted by atomic mass is 16.6. The van der Waals surface area contributed by atoms with Gasteiger partial charge in [-0.05, 0) is 49.7 Å². The van der Waals surface area contributed by atoms with Crippen molar-refractivity contribution >= 4 is 11.8 Å². The number of carbonyl (C=O) groups excluding carboxylic acids is 2. The predicted molar refractivity (Wildman–Crippen MR) is 94.2 cm³/mol. The molecule has 4 fully saturated rings. The normalized spacial score (nSPS) is 56.4. The summed E-state index contributed by atoms with van der Waals surface area (Å²) >= 11 is 0. The molecule has 0 bridgehead atoms. The summed E-state index contributed by atoms with van der Waals surface area (Å²) in [5.74, 6) is 1.06. The number of epoxide rings is 1. The zero-order chi connectivity index (χ0) is 17.9. The van der Waals surface area contributed by atoms with E-state index in [0.29, 0.717) is 24.7 Å². The first kappa shape index (κ1) is 15.6. The van der Waals surface area contributed by atoms with Crippen molar-refractivity contribution in [3.63, 3.8) is 0 Å². The molecular formula is C22H26O4. The number of esters is 1. The topological polar surface area (TPSA) is 55.9 Å². The van der Waals surface area contributed by atoms with Crippen LogP contribution in [0.25, 0.3) is 0 Å². The third-order valence-electron chi connectivity index (χ3n) is 9.23. The van der Waals surface area contributed by atoms with Crippen molar-refractivity contribution in [1.82, 2.24) is 0 Å². The third-order valence-corrected chi connectivity index (χ3v) is 9.23. The van der Waals surface area contributed by atoms with Gasteiger partial charge in [0.05, 0.1) is 6.10 Å². The first-order valence-corrected chi connectivity index (χ1v) is 10.2. The number of rotatable bonds is 0. The Morgan fingerprint density at radius 3 is 2.73 bits per heavy atom. The summed E-state index contributed by atoms with van der Waals surface area (Å²) in [6.45, 7) is 4.66. The van der Waals surface area contributed by atoms with Crippen LogP contribution in [0.2, 0.25) is 0 Å². The number of carbonyl (C=O) groups is 2. The highest BCUT2D eigenvalue weighted by Gasteiger charge is 2.80. The fourth-order valence-electron chi connectivity index (χ4n) is 7.73. The van der Waals surface area contributed by atoms with E-state index in [1.165, 1.54) is 0 Å². The molecule has 26 heavy (non-hydrogen) atoms. The van der Waals surface area contributed by atoms with Gasteiger partial charge in [0, 0.05) is 29.6 Å². The molecule has 4 aliphatic carbocycles. The van der Waals surface area contributed by atoms with Gasteiger partial charge in [0.2, 0.25) is 0 Å². The molecule has 0 aromatic heterocycles. The van der Waals surface area contributed by atoms with Crippen molar-refractivity contribution in [2.75, 3.05) is 0 Å². The van der Waals surface area contributed by atoms with Gasteiger partial charge in [-0.25, -0.2) is 0 Å². The fraction of sp³-hybridized carbons (Fsp3) is 0.727. The van der Waals surface area contributed by atoms with Gasteiger partial charge in [-0.2, -0.15) is 0 Å². The number of ketones is 1. The number of ether oxygens (including phenoxy) is 2. The van der Waals surface area contributed by atoms with E-state index in [2.05, 4.69) is 26.0 Å². The second-order valence-electron chi connectivity index (χ2n) is 9.92. The molecule has 6 aliphatic rings. The van der Waals surface area contributed by atoms with E-state index in [1.807, 2.05) is 6.08 Å². The average molecular weight is 354 g/mol. The van der Waals surface area contributed by atoms with Crippen molar-refractivity contribution < 1.29 is 19.1 Å². The lowest BCUT2D eigenvalue weighted by Crippen LogP contribution is -2.58. The first-order chi connectivity index (χ1) is 12.3. The second kappa shape index (κ2) is 4.35. The van der Waals surface area contributed by atoms with Gasteiger partial charge in [0.25, 0.3) is 0 Å². The van der Waals surface area contributed by atoms with Crippen LogP contribution in [0.5, 0.6) is 0 Å². The van der Waals surface area contributed by atoms with Crippen LogP contribution in [0.15, 0.2) is 23.8 Å². The Balaban J connectivity index is 1.46. The molecule has 4 heteroatoms. The van der Waals surface area contributed by atoms with E-state index >= 15 is 0 Å². The van der Waals surface area contributed by atoms with Gasteiger partial charge in [0.1, 0.15) is 11.2 Å². The second-order valence-corrected chi connectivity index (χ2v) is 9.92.